The first-order chi connectivity index (χ1) is 16.2. The maximum atomic E-state index is 13.5. The van der Waals surface area contributed by atoms with E-state index in [2.05, 4.69) is 20.6 Å². The Morgan fingerprint density at radius 3 is 2.65 bits per heavy atom. The molecule has 11 heteroatoms. The summed E-state index contributed by atoms with van der Waals surface area (Å²) < 4.78 is 46.2. The first kappa shape index (κ1) is 24.3. The highest BCUT2D eigenvalue weighted by Crippen LogP contribution is 2.32. The maximum Gasteiger partial charge on any atom is 0.433 e. The van der Waals surface area contributed by atoms with Gasteiger partial charge in [0.1, 0.15) is 17.3 Å². The van der Waals surface area contributed by atoms with Crippen LogP contribution in [0.15, 0.2) is 46.9 Å². The monoisotopic (exact) mass is 509 g/mol. The summed E-state index contributed by atoms with van der Waals surface area (Å²) in [5.41, 5.74) is -0.146. The van der Waals surface area contributed by atoms with Crippen LogP contribution in [0, 0.1) is 0 Å². The third-order valence-corrected chi connectivity index (χ3v) is 6.04. The molecule has 0 saturated carbocycles. The van der Waals surface area contributed by atoms with E-state index in [1.165, 1.54) is 0 Å². The number of thiocarbonyl (C=S) groups is 1. The number of furan rings is 1. The molecule has 3 heterocycles. The molecule has 0 radical (unpaired) electrons. The number of piperidine rings is 1. The van der Waals surface area contributed by atoms with Gasteiger partial charge in [-0.05, 0) is 74.8 Å². The third-order valence-electron chi connectivity index (χ3n) is 5.54. The normalized spacial score (nSPS) is 16.4. The molecule has 4 rings (SSSR count). The highest BCUT2D eigenvalue weighted by Gasteiger charge is 2.35. The van der Waals surface area contributed by atoms with Gasteiger partial charge in [-0.1, -0.05) is 11.6 Å². The average Bonchev–Trinajstić information content (AvgIpc) is 3.27. The van der Waals surface area contributed by atoms with E-state index < -0.39 is 11.9 Å². The van der Waals surface area contributed by atoms with E-state index in [0.717, 1.165) is 30.9 Å². The van der Waals surface area contributed by atoms with Gasteiger partial charge in [-0.2, -0.15) is 18.2 Å². The van der Waals surface area contributed by atoms with Crippen molar-refractivity contribution in [3.63, 3.8) is 0 Å². The summed E-state index contributed by atoms with van der Waals surface area (Å²) in [6, 6.07) is 11.9. The summed E-state index contributed by atoms with van der Waals surface area (Å²) in [5.74, 6) is 1.29. The highest BCUT2D eigenvalue weighted by atomic mass is 35.5. The van der Waals surface area contributed by atoms with E-state index in [-0.39, 0.29) is 29.5 Å². The number of benzene rings is 1. The van der Waals surface area contributed by atoms with Gasteiger partial charge in [-0.3, -0.25) is 0 Å². The molecule has 0 amide bonds. The van der Waals surface area contributed by atoms with Crippen LogP contribution in [0.2, 0.25) is 5.02 Å². The Hall–Kier alpha value is -2.85. The first-order valence-corrected chi connectivity index (χ1v) is 11.6. The largest absolute Gasteiger partial charge is 0.459 e. The molecule has 0 bridgehead atoms. The molecule has 1 aliphatic rings. The lowest BCUT2D eigenvalue weighted by atomic mass is 10.0. The van der Waals surface area contributed by atoms with Crippen LogP contribution >= 0.6 is 23.8 Å². The summed E-state index contributed by atoms with van der Waals surface area (Å²) in [7, 11) is 0. The van der Waals surface area contributed by atoms with Gasteiger partial charge in [0.15, 0.2) is 10.8 Å². The predicted molar refractivity (Wildman–Crippen MR) is 130 cm³/mol. The van der Waals surface area contributed by atoms with E-state index in [0.29, 0.717) is 23.1 Å². The molecule has 0 spiro atoms. The fourth-order valence-corrected chi connectivity index (χ4v) is 4.07. The molecule has 1 fully saturated rings. The quantitative estimate of drug-likeness (QED) is 0.393. The van der Waals surface area contributed by atoms with Crippen LogP contribution in [0.1, 0.15) is 37.6 Å². The van der Waals surface area contributed by atoms with Crippen LogP contribution in [0.25, 0.3) is 11.3 Å². The Balaban J connectivity index is 1.44. The Kier molecular flexibility index (Phi) is 7.27. The minimum atomic E-state index is -4.60. The molecule has 0 unspecified atom stereocenters. The van der Waals surface area contributed by atoms with Gasteiger partial charge < -0.3 is 20.0 Å². The van der Waals surface area contributed by atoms with Crippen LogP contribution < -0.4 is 15.5 Å². The van der Waals surface area contributed by atoms with Crippen molar-refractivity contribution in [3.05, 3.63) is 58.9 Å². The molecular formula is C23H23ClF3N5OS. The number of hydrogen-bond acceptors (Lipinski definition) is 5. The van der Waals surface area contributed by atoms with Crippen molar-refractivity contribution in [1.29, 1.82) is 0 Å². The average molecular weight is 510 g/mol. The molecule has 1 aromatic carbocycles. The molecule has 6 nitrogen and oxygen atoms in total. The molecule has 2 N–H and O–H groups in total. The minimum absolute atomic E-state index is 0.0846. The zero-order valence-electron chi connectivity index (χ0n) is 18.3. The van der Waals surface area contributed by atoms with Crippen LogP contribution in [0.3, 0.4) is 0 Å². The standard InChI is InChI=1S/C23H23ClF3N5OS/c1-14-4-2-3-11-32(14)20-12-19(23(25,26)27)29-21(30-20)31-22(34)28-13-17-9-10-18(33-17)15-5-7-16(24)8-6-15/h5-10,12,14H,2-4,11,13H2,1H3,(H2,28,29,30,31,34)/t14-/m0/s1. The van der Waals surface area contributed by atoms with Gasteiger partial charge >= 0.3 is 6.18 Å². The van der Waals surface area contributed by atoms with Crippen LogP contribution in [-0.4, -0.2) is 27.7 Å². The van der Waals surface area contributed by atoms with Crippen LogP contribution in [-0.2, 0) is 12.7 Å². The van der Waals surface area contributed by atoms with Gasteiger partial charge in [-0.15, -0.1) is 0 Å². The van der Waals surface area contributed by atoms with Gasteiger partial charge in [0.05, 0.1) is 6.54 Å². The molecule has 1 aliphatic heterocycles. The van der Waals surface area contributed by atoms with Crippen molar-refractivity contribution < 1.29 is 17.6 Å². The topological polar surface area (TPSA) is 66.2 Å². The lowest BCUT2D eigenvalue weighted by Gasteiger charge is -2.34. The minimum Gasteiger partial charge on any atom is -0.459 e. The van der Waals surface area contributed by atoms with Crippen LogP contribution in [0.5, 0.6) is 0 Å². The van der Waals surface area contributed by atoms with Crippen molar-refractivity contribution in [1.82, 2.24) is 15.3 Å². The molecule has 34 heavy (non-hydrogen) atoms. The zero-order chi connectivity index (χ0) is 24.3. The van der Waals surface area contributed by atoms with Gasteiger partial charge in [-0.25, -0.2) is 4.98 Å². The number of halogens is 4. The number of alkyl halides is 3. The summed E-state index contributed by atoms with van der Waals surface area (Å²) in [5, 5.41) is 6.31. The third kappa shape index (κ3) is 5.98. The maximum absolute atomic E-state index is 13.5. The Bertz CT molecular complexity index is 1150. The van der Waals surface area contributed by atoms with Crippen molar-refractivity contribution in [2.24, 2.45) is 0 Å². The van der Waals surface area contributed by atoms with E-state index >= 15 is 0 Å². The number of aromatic nitrogens is 2. The molecule has 3 aromatic rings. The molecule has 2 aromatic heterocycles. The van der Waals surface area contributed by atoms with E-state index in [1.54, 1.807) is 18.2 Å². The second-order valence-corrected chi connectivity index (χ2v) is 8.90. The lowest BCUT2D eigenvalue weighted by Crippen LogP contribution is -2.38. The van der Waals surface area contributed by atoms with Gasteiger partial charge in [0, 0.05) is 29.2 Å². The first-order valence-electron chi connectivity index (χ1n) is 10.8. The molecule has 0 aliphatic carbocycles. The Morgan fingerprint density at radius 2 is 1.94 bits per heavy atom. The van der Waals surface area contributed by atoms with E-state index in [9.17, 15) is 13.2 Å². The number of nitrogens with zero attached hydrogens (tertiary/aromatic N) is 3. The summed E-state index contributed by atoms with van der Waals surface area (Å²) in [6.07, 6.45) is -1.76. The van der Waals surface area contributed by atoms with E-state index in [4.69, 9.17) is 28.2 Å². The number of anilines is 2. The van der Waals surface area contributed by atoms with Crippen molar-refractivity contribution in [2.45, 2.75) is 44.9 Å². The number of hydrogen-bond donors (Lipinski definition) is 2. The summed E-state index contributed by atoms with van der Waals surface area (Å²) in [4.78, 5) is 9.82. The highest BCUT2D eigenvalue weighted by molar-refractivity contribution is 7.80. The number of rotatable bonds is 5. The second kappa shape index (κ2) is 10.2. The fraction of sp³-hybridized carbons (Fsp3) is 0.348. The van der Waals surface area contributed by atoms with Crippen molar-refractivity contribution >= 4 is 40.7 Å². The summed E-state index contributed by atoms with van der Waals surface area (Å²) >= 11 is 11.2. The second-order valence-electron chi connectivity index (χ2n) is 8.05. The van der Waals surface area contributed by atoms with E-state index in [1.807, 2.05) is 30.0 Å². The molecule has 1 atom stereocenters. The Labute approximate surface area is 205 Å². The molecular weight excluding hydrogens is 487 g/mol. The lowest BCUT2D eigenvalue weighted by molar-refractivity contribution is -0.141. The van der Waals surface area contributed by atoms with Crippen molar-refractivity contribution in [3.8, 4) is 11.3 Å². The molecule has 1 saturated heterocycles. The summed E-state index contributed by atoms with van der Waals surface area (Å²) in [6.45, 7) is 2.86. The van der Waals surface area contributed by atoms with Gasteiger partial charge in [0.25, 0.3) is 0 Å². The fourth-order valence-electron chi connectivity index (χ4n) is 3.78. The predicted octanol–water partition coefficient (Wildman–Crippen LogP) is 6.27. The Morgan fingerprint density at radius 1 is 1.18 bits per heavy atom. The van der Waals surface area contributed by atoms with Gasteiger partial charge in [0.2, 0.25) is 5.95 Å². The zero-order valence-corrected chi connectivity index (χ0v) is 19.9. The number of nitrogens with one attached hydrogen (secondary N) is 2. The smallest absolute Gasteiger partial charge is 0.433 e. The van der Waals surface area contributed by atoms with Crippen molar-refractivity contribution in [2.75, 3.05) is 16.8 Å². The van der Waals surface area contributed by atoms with Crippen LogP contribution in [0.4, 0.5) is 24.9 Å². The molecule has 180 valence electrons. The SMILES string of the molecule is C[C@H]1CCCCN1c1cc(C(F)(F)F)nc(NC(=S)NCc2ccc(-c3ccc(Cl)cc3)o2)n1.